The minimum absolute atomic E-state index is 0.365. The summed E-state index contributed by atoms with van der Waals surface area (Å²) in [7, 11) is 1.62. The summed E-state index contributed by atoms with van der Waals surface area (Å²) in [6, 6.07) is 0. The molecule has 0 radical (unpaired) electrons. The van der Waals surface area contributed by atoms with E-state index in [1.54, 1.807) is 11.6 Å². The molecule has 0 aliphatic carbocycles. The third-order valence-corrected chi connectivity index (χ3v) is 4.14. The zero-order valence-electron chi connectivity index (χ0n) is 10.3. The summed E-state index contributed by atoms with van der Waals surface area (Å²) in [5, 5.41) is 13.5. The number of rotatable bonds is 5. The average Bonchev–Trinajstić information content (AvgIpc) is 2.91. The lowest BCUT2D eigenvalue weighted by atomic mass is 9.95. The van der Waals surface area contributed by atoms with Crippen LogP contribution in [-0.4, -0.2) is 26.9 Å². The van der Waals surface area contributed by atoms with Gasteiger partial charge in [-0.25, -0.2) is 0 Å². The van der Waals surface area contributed by atoms with Gasteiger partial charge in [-0.3, -0.25) is 0 Å². The lowest BCUT2D eigenvalue weighted by Crippen LogP contribution is -2.35. The number of hydrogen-bond donors (Lipinski definition) is 1. The zero-order chi connectivity index (χ0) is 12.5. The molecule has 0 aliphatic heterocycles. The molecule has 0 aliphatic rings. The van der Waals surface area contributed by atoms with E-state index in [9.17, 15) is 0 Å². The van der Waals surface area contributed by atoms with Gasteiger partial charge in [0.15, 0.2) is 5.82 Å². The molecule has 2 heterocycles. The van der Waals surface area contributed by atoms with E-state index in [2.05, 4.69) is 29.1 Å². The monoisotopic (exact) mass is 255 g/mol. The van der Waals surface area contributed by atoms with Crippen LogP contribution in [0.1, 0.15) is 37.5 Å². The summed E-state index contributed by atoms with van der Waals surface area (Å²) in [6.07, 6.45) is 1.71. The van der Waals surface area contributed by atoms with E-state index in [4.69, 9.17) is 10.5 Å². The number of ether oxygens (including phenoxy) is 1. The molecular formula is C10H17N5OS. The molecule has 94 valence electrons. The van der Waals surface area contributed by atoms with Crippen molar-refractivity contribution >= 4 is 16.3 Å². The SMILES string of the molecule is CCC(N)(CC)c1nn2c(COC)nnc2s1. The Labute approximate surface area is 104 Å². The van der Waals surface area contributed by atoms with Crippen LogP contribution in [0.2, 0.25) is 0 Å². The first-order valence-electron chi connectivity index (χ1n) is 5.64. The molecule has 0 bridgehead atoms. The fourth-order valence-corrected chi connectivity index (χ4v) is 2.73. The first kappa shape index (κ1) is 12.4. The van der Waals surface area contributed by atoms with Gasteiger partial charge in [-0.2, -0.15) is 9.61 Å². The number of methoxy groups -OCH3 is 1. The van der Waals surface area contributed by atoms with Gasteiger partial charge in [0.2, 0.25) is 4.96 Å². The van der Waals surface area contributed by atoms with Crippen molar-refractivity contribution in [1.82, 2.24) is 19.8 Å². The van der Waals surface area contributed by atoms with Crippen molar-refractivity contribution < 1.29 is 4.74 Å². The van der Waals surface area contributed by atoms with Gasteiger partial charge in [-0.15, -0.1) is 10.2 Å². The minimum atomic E-state index is -0.365. The van der Waals surface area contributed by atoms with E-state index < -0.39 is 0 Å². The molecule has 0 aromatic carbocycles. The molecule has 0 amide bonds. The molecule has 2 rings (SSSR count). The topological polar surface area (TPSA) is 78.3 Å². The largest absolute Gasteiger partial charge is 0.377 e. The zero-order valence-corrected chi connectivity index (χ0v) is 11.1. The molecule has 17 heavy (non-hydrogen) atoms. The second-order valence-corrected chi connectivity index (χ2v) is 4.97. The third kappa shape index (κ3) is 2.05. The fourth-order valence-electron chi connectivity index (χ4n) is 1.63. The van der Waals surface area contributed by atoms with Crippen molar-refractivity contribution in [2.24, 2.45) is 5.73 Å². The highest BCUT2D eigenvalue weighted by molar-refractivity contribution is 7.16. The standard InChI is InChI=1S/C10H17N5OS/c1-4-10(11,5-2)8-14-15-7(6-16-3)12-13-9(15)17-8/h4-6,11H2,1-3H3. The first-order valence-corrected chi connectivity index (χ1v) is 6.45. The summed E-state index contributed by atoms with van der Waals surface area (Å²) in [5.74, 6) is 0.708. The van der Waals surface area contributed by atoms with Crippen LogP contribution < -0.4 is 5.73 Å². The number of fused-ring (bicyclic) bond motifs is 1. The molecule has 0 unspecified atom stereocenters. The molecule has 7 heteroatoms. The smallest absolute Gasteiger partial charge is 0.234 e. The van der Waals surface area contributed by atoms with Gasteiger partial charge in [0, 0.05) is 7.11 Å². The normalized spacial score (nSPS) is 12.5. The summed E-state index contributed by atoms with van der Waals surface area (Å²) in [4.78, 5) is 0.767. The maximum Gasteiger partial charge on any atom is 0.234 e. The van der Waals surface area contributed by atoms with Crippen molar-refractivity contribution in [3.63, 3.8) is 0 Å². The quantitative estimate of drug-likeness (QED) is 0.871. The van der Waals surface area contributed by atoms with Crippen LogP contribution >= 0.6 is 11.3 Å². The van der Waals surface area contributed by atoms with Gasteiger partial charge in [0.1, 0.15) is 11.6 Å². The highest BCUT2D eigenvalue weighted by Crippen LogP contribution is 2.29. The maximum atomic E-state index is 6.32. The summed E-state index contributed by atoms with van der Waals surface area (Å²) in [6.45, 7) is 4.55. The van der Waals surface area contributed by atoms with E-state index >= 15 is 0 Å². The minimum Gasteiger partial charge on any atom is -0.377 e. The van der Waals surface area contributed by atoms with Crippen molar-refractivity contribution in [3.05, 3.63) is 10.8 Å². The lowest BCUT2D eigenvalue weighted by molar-refractivity contribution is 0.176. The Morgan fingerprint density at radius 1 is 1.35 bits per heavy atom. The predicted octanol–water partition coefficient (Wildman–Crippen LogP) is 1.31. The van der Waals surface area contributed by atoms with E-state index in [0.29, 0.717) is 12.4 Å². The first-order chi connectivity index (χ1) is 8.14. The van der Waals surface area contributed by atoms with Crippen LogP contribution in [-0.2, 0) is 16.9 Å². The van der Waals surface area contributed by atoms with Crippen molar-refractivity contribution in [3.8, 4) is 0 Å². The summed E-state index contributed by atoms with van der Waals surface area (Å²) < 4.78 is 6.77. The molecule has 0 spiro atoms. The lowest BCUT2D eigenvalue weighted by Gasteiger charge is -2.22. The highest BCUT2D eigenvalue weighted by Gasteiger charge is 2.28. The Morgan fingerprint density at radius 3 is 2.65 bits per heavy atom. The molecule has 0 fully saturated rings. The molecule has 0 saturated heterocycles. The van der Waals surface area contributed by atoms with Gasteiger partial charge < -0.3 is 10.5 Å². The second kappa shape index (κ2) is 4.67. The number of aromatic nitrogens is 4. The van der Waals surface area contributed by atoms with Gasteiger partial charge in [0.25, 0.3) is 0 Å². The van der Waals surface area contributed by atoms with Crippen molar-refractivity contribution in [1.29, 1.82) is 0 Å². The van der Waals surface area contributed by atoms with Crippen LogP contribution in [0.5, 0.6) is 0 Å². The molecule has 2 aromatic heterocycles. The Kier molecular flexibility index (Phi) is 3.41. The molecule has 0 atom stereocenters. The highest BCUT2D eigenvalue weighted by atomic mass is 32.1. The van der Waals surface area contributed by atoms with Gasteiger partial charge in [0.05, 0.1) is 5.54 Å². The Balaban J connectivity index is 2.44. The second-order valence-electron chi connectivity index (χ2n) is 4.01. The summed E-state index contributed by atoms with van der Waals surface area (Å²) in [5.41, 5.74) is 5.95. The maximum absolute atomic E-state index is 6.32. The number of hydrogen-bond acceptors (Lipinski definition) is 6. The van der Waals surface area contributed by atoms with Gasteiger partial charge in [-0.1, -0.05) is 25.2 Å². The molecule has 2 N–H and O–H groups in total. The molecule has 6 nitrogen and oxygen atoms in total. The van der Waals surface area contributed by atoms with Crippen LogP contribution in [0.15, 0.2) is 0 Å². The Bertz CT molecular complexity index is 502. The van der Waals surface area contributed by atoms with Crippen LogP contribution in [0, 0.1) is 0 Å². The van der Waals surface area contributed by atoms with Gasteiger partial charge in [-0.05, 0) is 12.8 Å². The van der Waals surface area contributed by atoms with E-state index in [0.717, 1.165) is 22.8 Å². The van der Waals surface area contributed by atoms with Gasteiger partial charge >= 0.3 is 0 Å². The van der Waals surface area contributed by atoms with E-state index in [-0.39, 0.29) is 5.54 Å². The Morgan fingerprint density at radius 2 is 2.06 bits per heavy atom. The third-order valence-electron chi connectivity index (χ3n) is 3.02. The van der Waals surface area contributed by atoms with Crippen molar-refractivity contribution in [2.75, 3.05) is 7.11 Å². The fraction of sp³-hybridized carbons (Fsp3) is 0.700. The number of nitrogens with zero attached hydrogens (tertiary/aromatic N) is 4. The van der Waals surface area contributed by atoms with E-state index in [1.165, 1.54) is 11.3 Å². The Hall–Kier alpha value is -1.05. The molecule has 0 saturated carbocycles. The van der Waals surface area contributed by atoms with Crippen molar-refractivity contribution in [2.45, 2.75) is 38.8 Å². The van der Waals surface area contributed by atoms with Crippen LogP contribution in [0.25, 0.3) is 4.96 Å². The summed E-state index contributed by atoms with van der Waals surface area (Å²) >= 11 is 1.50. The predicted molar refractivity (Wildman–Crippen MR) is 65.8 cm³/mol. The molecule has 2 aromatic rings. The van der Waals surface area contributed by atoms with E-state index in [1.807, 2.05) is 0 Å². The van der Waals surface area contributed by atoms with Crippen LogP contribution in [0.4, 0.5) is 0 Å². The molecular weight excluding hydrogens is 238 g/mol. The van der Waals surface area contributed by atoms with Crippen LogP contribution in [0.3, 0.4) is 0 Å². The average molecular weight is 255 g/mol. The number of nitrogens with two attached hydrogens (primary N) is 1.